The van der Waals surface area contributed by atoms with Crippen molar-refractivity contribution < 1.29 is 9.47 Å². The molecule has 1 fully saturated rings. The van der Waals surface area contributed by atoms with Crippen molar-refractivity contribution in [3.63, 3.8) is 0 Å². The number of hydrogen-bond donors (Lipinski definition) is 0. The van der Waals surface area contributed by atoms with Crippen molar-refractivity contribution in [1.82, 2.24) is 4.98 Å². The molecule has 1 aromatic carbocycles. The molecule has 3 heteroatoms. The molecule has 3 nitrogen and oxygen atoms in total. The number of ether oxygens (including phenoxy) is 2. The lowest BCUT2D eigenvalue weighted by molar-refractivity contribution is 0.0685. The Balaban J connectivity index is 1.79. The maximum absolute atomic E-state index is 5.84. The second-order valence-electron chi connectivity index (χ2n) is 4.27. The second kappa shape index (κ2) is 4.72. The smallest absolute Gasteiger partial charge is 0.130 e. The van der Waals surface area contributed by atoms with Crippen molar-refractivity contribution in [3.05, 3.63) is 36.5 Å². The Morgan fingerprint density at radius 1 is 1.29 bits per heavy atom. The zero-order valence-corrected chi connectivity index (χ0v) is 9.63. The zero-order chi connectivity index (χ0) is 11.5. The molecule has 1 aromatic heterocycles. The van der Waals surface area contributed by atoms with E-state index in [1.165, 1.54) is 0 Å². The first-order valence-electron chi connectivity index (χ1n) is 6.01. The lowest BCUT2D eigenvalue weighted by atomic mass is 10.2. The molecule has 1 aliphatic heterocycles. The number of fused-ring (bicyclic) bond motifs is 1. The maximum Gasteiger partial charge on any atom is 0.130 e. The fourth-order valence-corrected chi connectivity index (χ4v) is 2.15. The first kappa shape index (κ1) is 10.5. The van der Waals surface area contributed by atoms with Gasteiger partial charge in [-0.15, -0.1) is 0 Å². The summed E-state index contributed by atoms with van der Waals surface area (Å²) in [6.07, 6.45) is 4.28. The van der Waals surface area contributed by atoms with E-state index in [1.54, 1.807) is 6.20 Å². The normalized spacial score (nSPS) is 19.6. The van der Waals surface area contributed by atoms with Crippen LogP contribution in [0.4, 0.5) is 0 Å². The molecule has 88 valence electrons. The summed E-state index contributed by atoms with van der Waals surface area (Å²) >= 11 is 0. The number of rotatable bonds is 3. The third-order valence-corrected chi connectivity index (χ3v) is 3.06. The topological polar surface area (TPSA) is 31.4 Å². The lowest BCUT2D eigenvalue weighted by Crippen LogP contribution is -2.16. The van der Waals surface area contributed by atoms with Crippen molar-refractivity contribution in [3.8, 4) is 5.75 Å². The molecule has 0 amide bonds. The molecular weight excluding hydrogens is 214 g/mol. The fraction of sp³-hybridized carbons (Fsp3) is 0.357. The summed E-state index contributed by atoms with van der Waals surface area (Å²) in [5.74, 6) is 0.895. The molecule has 0 radical (unpaired) electrons. The van der Waals surface area contributed by atoms with Crippen LogP contribution in [-0.4, -0.2) is 24.3 Å². The van der Waals surface area contributed by atoms with Gasteiger partial charge in [0.2, 0.25) is 0 Å². The van der Waals surface area contributed by atoms with E-state index in [0.29, 0.717) is 6.61 Å². The molecule has 17 heavy (non-hydrogen) atoms. The predicted octanol–water partition coefficient (Wildman–Crippen LogP) is 2.79. The van der Waals surface area contributed by atoms with Crippen LogP contribution in [0.5, 0.6) is 5.75 Å². The lowest BCUT2D eigenvalue weighted by Gasteiger charge is -2.12. The van der Waals surface area contributed by atoms with Crippen molar-refractivity contribution in [2.45, 2.75) is 18.9 Å². The van der Waals surface area contributed by atoms with Crippen LogP contribution in [0.25, 0.3) is 10.9 Å². The summed E-state index contributed by atoms with van der Waals surface area (Å²) in [6.45, 7) is 1.50. The van der Waals surface area contributed by atoms with Gasteiger partial charge in [0.1, 0.15) is 12.4 Å². The number of hydrogen-bond acceptors (Lipinski definition) is 3. The monoisotopic (exact) mass is 229 g/mol. The zero-order valence-electron chi connectivity index (χ0n) is 9.63. The van der Waals surface area contributed by atoms with E-state index in [-0.39, 0.29) is 6.10 Å². The van der Waals surface area contributed by atoms with Crippen LogP contribution in [-0.2, 0) is 4.74 Å². The Morgan fingerprint density at radius 2 is 2.24 bits per heavy atom. The van der Waals surface area contributed by atoms with E-state index in [0.717, 1.165) is 36.1 Å². The molecular formula is C14H15NO2. The summed E-state index contributed by atoms with van der Waals surface area (Å²) in [5.41, 5.74) is 0.970. The first-order valence-corrected chi connectivity index (χ1v) is 6.01. The molecule has 3 rings (SSSR count). The van der Waals surface area contributed by atoms with Crippen LogP contribution >= 0.6 is 0 Å². The van der Waals surface area contributed by atoms with Crippen LogP contribution in [0.3, 0.4) is 0 Å². The summed E-state index contributed by atoms with van der Waals surface area (Å²) < 4.78 is 11.4. The average molecular weight is 229 g/mol. The van der Waals surface area contributed by atoms with Crippen molar-refractivity contribution in [2.24, 2.45) is 0 Å². The van der Waals surface area contributed by atoms with Gasteiger partial charge < -0.3 is 9.47 Å². The van der Waals surface area contributed by atoms with E-state index in [4.69, 9.17) is 9.47 Å². The highest BCUT2D eigenvalue weighted by molar-refractivity contribution is 5.84. The largest absolute Gasteiger partial charge is 0.490 e. The molecule has 2 heterocycles. The Kier molecular flexibility index (Phi) is 2.92. The van der Waals surface area contributed by atoms with Gasteiger partial charge >= 0.3 is 0 Å². The van der Waals surface area contributed by atoms with E-state index in [9.17, 15) is 0 Å². The van der Waals surface area contributed by atoms with Gasteiger partial charge in [-0.1, -0.05) is 12.1 Å². The van der Waals surface area contributed by atoms with Crippen LogP contribution in [0.15, 0.2) is 36.5 Å². The minimum atomic E-state index is 0.252. The number of para-hydroxylation sites is 1. The molecule has 2 aromatic rings. The van der Waals surface area contributed by atoms with Gasteiger partial charge in [-0.25, -0.2) is 0 Å². The Labute approximate surface area is 100 Å². The van der Waals surface area contributed by atoms with E-state index in [2.05, 4.69) is 4.98 Å². The van der Waals surface area contributed by atoms with Gasteiger partial charge in [-0.2, -0.15) is 0 Å². The van der Waals surface area contributed by atoms with Gasteiger partial charge in [0, 0.05) is 18.2 Å². The van der Waals surface area contributed by atoms with Crippen LogP contribution < -0.4 is 4.74 Å². The standard InChI is InChI=1S/C14H15NO2/c1-2-6-13-12(5-1)14(7-8-15-13)17-10-11-4-3-9-16-11/h1-2,5-8,11H,3-4,9-10H2. The van der Waals surface area contributed by atoms with Gasteiger partial charge in [0.05, 0.1) is 11.6 Å². The predicted molar refractivity (Wildman–Crippen MR) is 66.2 cm³/mol. The SMILES string of the molecule is c1ccc2c(OCC3CCCO3)ccnc2c1. The number of aromatic nitrogens is 1. The summed E-state index contributed by atoms with van der Waals surface area (Å²) in [6, 6.07) is 9.93. The van der Waals surface area contributed by atoms with Crippen molar-refractivity contribution in [2.75, 3.05) is 13.2 Å². The first-order chi connectivity index (χ1) is 8.43. The number of pyridine rings is 1. The Morgan fingerprint density at radius 3 is 3.12 bits per heavy atom. The highest BCUT2D eigenvalue weighted by atomic mass is 16.5. The second-order valence-corrected chi connectivity index (χ2v) is 4.27. The molecule has 1 saturated heterocycles. The fourth-order valence-electron chi connectivity index (χ4n) is 2.15. The summed E-state index contributed by atoms with van der Waals surface area (Å²) in [7, 11) is 0. The number of benzene rings is 1. The molecule has 0 spiro atoms. The van der Waals surface area contributed by atoms with E-state index in [1.807, 2.05) is 30.3 Å². The minimum Gasteiger partial charge on any atom is -0.490 e. The van der Waals surface area contributed by atoms with E-state index >= 15 is 0 Å². The van der Waals surface area contributed by atoms with Crippen LogP contribution in [0.2, 0.25) is 0 Å². The van der Waals surface area contributed by atoms with Crippen molar-refractivity contribution >= 4 is 10.9 Å². The van der Waals surface area contributed by atoms with Gasteiger partial charge in [-0.3, -0.25) is 4.98 Å². The van der Waals surface area contributed by atoms with Crippen LogP contribution in [0.1, 0.15) is 12.8 Å². The van der Waals surface area contributed by atoms with E-state index < -0.39 is 0 Å². The Hall–Kier alpha value is -1.61. The third-order valence-electron chi connectivity index (χ3n) is 3.06. The van der Waals surface area contributed by atoms with Crippen molar-refractivity contribution in [1.29, 1.82) is 0 Å². The maximum atomic E-state index is 5.84. The molecule has 1 unspecified atom stereocenters. The summed E-state index contributed by atoms with van der Waals surface area (Å²) in [4.78, 5) is 4.31. The third kappa shape index (κ3) is 2.24. The average Bonchev–Trinajstić information content (AvgIpc) is 2.89. The quantitative estimate of drug-likeness (QED) is 0.811. The Bertz CT molecular complexity index is 501. The molecule has 1 aliphatic rings. The highest BCUT2D eigenvalue weighted by Crippen LogP contribution is 2.24. The molecule has 0 bridgehead atoms. The van der Waals surface area contributed by atoms with Crippen LogP contribution in [0, 0.1) is 0 Å². The minimum absolute atomic E-state index is 0.252. The van der Waals surface area contributed by atoms with Gasteiger partial charge in [0.25, 0.3) is 0 Å². The number of nitrogens with zero attached hydrogens (tertiary/aromatic N) is 1. The van der Waals surface area contributed by atoms with Gasteiger partial charge in [0.15, 0.2) is 0 Å². The molecule has 0 saturated carbocycles. The highest BCUT2D eigenvalue weighted by Gasteiger charge is 2.16. The molecule has 0 N–H and O–H groups in total. The molecule has 0 aliphatic carbocycles. The summed E-state index contributed by atoms with van der Waals surface area (Å²) in [5, 5.41) is 1.06. The molecule has 1 atom stereocenters. The van der Waals surface area contributed by atoms with Gasteiger partial charge in [-0.05, 0) is 31.0 Å².